The van der Waals surface area contributed by atoms with Crippen molar-refractivity contribution in [1.29, 1.82) is 0 Å². The van der Waals surface area contributed by atoms with Gasteiger partial charge in [-0.25, -0.2) is 4.98 Å². The van der Waals surface area contributed by atoms with Gasteiger partial charge in [-0.3, -0.25) is 0 Å². The molecule has 1 rings (SSSR count). The molecule has 1 unspecified atom stereocenters. The molecule has 0 aliphatic carbocycles. The Morgan fingerprint density at radius 1 is 1.57 bits per heavy atom. The van der Waals surface area contributed by atoms with Crippen molar-refractivity contribution in [2.45, 2.75) is 26.0 Å². The second-order valence-corrected chi connectivity index (χ2v) is 3.78. The van der Waals surface area contributed by atoms with Crippen molar-refractivity contribution in [1.82, 2.24) is 10.3 Å². The second-order valence-electron chi connectivity index (χ2n) is 3.39. The van der Waals surface area contributed by atoms with E-state index in [1.165, 1.54) is 0 Å². The highest BCUT2D eigenvalue weighted by atomic mass is 35.5. The first-order valence-electron chi connectivity index (χ1n) is 4.62. The summed E-state index contributed by atoms with van der Waals surface area (Å²) in [6, 6.07) is 3.90. The van der Waals surface area contributed by atoms with E-state index >= 15 is 0 Å². The summed E-state index contributed by atoms with van der Waals surface area (Å²) in [5.41, 5.74) is 1.07. The fourth-order valence-corrected chi connectivity index (χ4v) is 1.33. The zero-order chi connectivity index (χ0) is 10.6. The number of nitrogens with zero attached hydrogens (tertiary/aromatic N) is 1. The van der Waals surface area contributed by atoms with Crippen LogP contribution in [0.15, 0.2) is 18.3 Å². The van der Waals surface area contributed by atoms with Crippen molar-refractivity contribution in [3.63, 3.8) is 0 Å². The molecule has 2 atom stereocenters. The van der Waals surface area contributed by atoms with Crippen molar-refractivity contribution >= 4 is 11.6 Å². The smallest absolute Gasteiger partial charge is 0.129 e. The number of halogens is 1. The Morgan fingerprint density at radius 3 is 2.86 bits per heavy atom. The van der Waals surface area contributed by atoms with Crippen molar-refractivity contribution in [3.8, 4) is 0 Å². The molecular formula is C10H15ClN2O. The first-order valence-corrected chi connectivity index (χ1v) is 5.00. The van der Waals surface area contributed by atoms with Crippen LogP contribution in [0.4, 0.5) is 0 Å². The monoisotopic (exact) mass is 214 g/mol. The molecule has 1 aromatic rings. The lowest BCUT2D eigenvalue weighted by Crippen LogP contribution is -2.27. The molecule has 0 aliphatic heterocycles. The third-order valence-electron chi connectivity index (χ3n) is 1.97. The third kappa shape index (κ3) is 3.62. The highest BCUT2D eigenvalue weighted by Crippen LogP contribution is 2.14. The Kier molecular flexibility index (Phi) is 4.32. The molecule has 0 saturated heterocycles. The molecule has 0 amide bonds. The van der Waals surface area contributed by atoms with Gasteiger partial charge in [0.2, 0.25) is 0 Å². The minimum atomic E-state index is -0.338. The zero-order valence-corrected chi connectivity index (χ0v) is 9.12. The Morgan fingerprint density at radius 2 is 2.29 bits per heavy atom. The molecule has 1 aromatic heterocycles. The maximum Gasteiger partial charge on any atom is 0.129 e. The average molecular weight is 215 g/mol. The largest absolute Gasteiger partial charge is 0.392 e. The number of pyridine rings is 1. The molecule has 0 saturated carbocycles. The van der Waals surface area contributed by atoms with Gasteiger partial charge < -0.3 is 10.4 Å². The van der Waals surface area contributed by atoms with Crippen LogP contribution in [0.3, 0.4) is 0 Å². The summed E-state index contributed by atoms with van der Waals surface area (Å²) in [5.74, 6) is 0. The number of rotatable bonds is 4. The summed E-state index contributed by atoms with van der Waals surface area (Å²) in [7, 11) is 0. The molecule has 1 heterocycles. The first-order chi connectivity index (χ1) is 6.59. The maximum atomic E-state index is 9.10. The Bertz CT molecular complexity index is 291. The highest BCUT2D eigenvalue weighted by molar-refractivity contribution is 6.29. The lowest BCUT2D eigenvalue weighted by Gasteiger charge is -2.15. The summed E-state index contributed by atoms with van der Waals surface area (Å²) in [6.45, 7) is 4.34. The van der Waals surface area contributed by atoms with Crippen LogP contribution < -0.4 is 5.32 Å². The van der Waals surface area contributed by atoms with Crippen LogP contribution in [0.5, 0.6) is 0 Å². The summed E-state index contributed by atoms with van der Waals surface area (Å²) >= 11 is 5.76. The van der Waals surface area contributed by atoms with Gasteiger partial charge in [0, 0.05) is 18.8 Å². The fraction of sp³-hybridized carbons (Fsp3) is 0.500. The van der Waals surface area contributed by atoms with Crippen molar-refractivity contribution in [2.75, 3.05) is 6.54 Å². The molecule has 4 heteroatoms. The number of nitrogens with one attached hydrogen (secondary N) is 1. The topological polar surface area (TPSA) is 45.1 Å². The predicted molar refractivity (Wildman–Crippen MR) is 57.3 cm³/mol. The second kappa shape index (κ2) is 5.29. The van der Waals surface area contributed by atoms with Crippen molar-refractivity contribution in [3.05, 3.63) is 29.0 Å². The van der Waals surface area contributed by atoms with Gasteiger partial charge in [0.25, 0.3) is 0 Å². The maximum absolute atomic E-state index is 9.10. The third-order valence-corrected chi connectivity index (χ3v) is 2.18. The standard InChI is InChI=1S/C10H15ClN2O/c1-7(14)6-13-8(2)9-3-4-12-10(11)5-9/h3-5,7-8,13-14H,6H2,1-2H3/t7-,8?/m0/s1. The fourth-order valence-electron chi connectivity index (χ4n) is 1.15. The highest BCUT2D eigenvalue weighted by Gasteiger charge is 2.06. The molecule has 0 aromatic carbocycles. The van der Waals surface area contributed by atoms with Gasteiger partial charge in [0.1, 0.15) is 5.15 Å². The summed E-state index contributed by atoms with van der Waals surface area (Å²) in [5, 5.41) is 12.8. The first kappa shape index (κ1) is 11.4. The number of hydrogen-bond acceptors (Lipinski definition) is 3. The minimum Gasteiger partial charge on any atom is -0.392 e. The number of hydrogen-bond donors (Lipinski definition) is 2. The van der Waals surface area contributed by atoms with E-state index in [2.05, 4.69) is 10.3 Å². The van der Waals surface area contributed by atoms with Gasteiger partial charge in [-0.05, 0) is 31.5 Å². The van der Waals surface area contributed by atoms with Crippen LogP contribution in [-0.4, -0.2) is 22.7 Å². The Labute approximate surface area is 89.1 Å². The van der Waals surface area contributed by atoms with Gasteiger partial charge in [0.05, 0.1) is 6.10 Å². The van der Waals surface area contributed by atoms with Crippen LogP contribution in [-0.2, 0) is 0 Å². The SMILES string of the molecule is CC(NC[C@H](C)O)c1ccnc(Cl)c1. The van der Waals surface area contributed by atoms with Gasteiger partial charge in [-0.2, -0.15) is 0 Å². The molecule has 0 radical (unpaired) electrons. The van der Waals surface area contributed by atoms with Crippen LogP contribution >= 0.6 is 11.6 Å². The molecule has 0 aliphatic rings. The van der Waals surface area contributed by atoms with Crippen molar-refractivity contribution < 1.29 is 5.11 Å². The van der Waals surface area contributed by atoms with Crippen LogP contribution in [0.1, 0.15) is 25.5 Å². The molecule has 0 fully saturated rings. The van der Waals surface area contributed by atoms with E-state index in [0.29, 0.717) is 11.7 Å². The Hall–Kier alpha value is -0.640. The predicted octanol–water partition coefficient (Wildman–Crippen LogP) is 1.77. The number of aromatic nitrogens is 1. The Balaban J connectivity index is 2.56. The van der Waals surface area contributed by atoms with Crippen molar-refractivity contribution in [2.24, 2.45) is 0 Å². The lowest BCUT2D eigenvalue weighted by molar-refractivity contribution is 0.187. The lowest BCUT2D eigenvalue weighted by atomic mass is 10.1. The molecule has 2 N–H and O–H groups in total. The van der Waals surface area contributed by atoms with Gasteiger partial charge >= 0.3 is 0 Å². The summed E-state index contributed by atoms with van der Waals surface area (Å²) in [6.07, 6.45) is 1.34. The average Bonchev–Trinajstić information content (AvgIpc) is 2.14. The van der Waals surface area contributed by atoms with Crippen LogP contribution in [0.25, 0.3) is 0 Å². The zero-order valence-electron chi connectivity index (χ0n) is 8.37. The van der Waals surface area contributed by atoms with Gasteiger partial charge in [0.15, 0.2) is 0 Å². The van der Waals surface area contributed by atoms with E-state index in [0.717, 1.165) is 5.56 Å². The van der Waals surface area contributed by atoms with E-state index in [1.807, 2.05) is 19.1 Å². The van der Waals surface area contributed by atoms with Crippen LogP contribution in [0.2, 0.25) is 5.15 Å². The molecule has 3 nitrogen and oxygen atoms in total. The van der Waals surface area contributed by atoms with E-state index < -0.39 is 0 Å². The number of aliphatic hydroxyl groups is 1. The van der Waals surface area contributed by atoms with Gasteiger partial charge in [-0.15, -0.1) is 0 Å². The molecule has 14 heavy (non-hydrogen) atoms. The minimum absolute atomic E-state index is 0.171. The van der Waals surface area contributed by atoms with Crippen LogP contribution in [0, 0.1) is 0 Å². The molecule has 0 spiro atoms. The van der Waals surface area contributed by atoms with E-state index in [1.54, 1.807) is 13.1 Å². The molecular weight excluding hydrogens is 200 g/mol. The summed E-state index contributed by atoms with van der Waals surface area (Å²) < 4.78 is 0. The number of aliphatic hydroxyl groups excluding tert-OH is 1. The normalized spacial score (nSPS) is 15.1. The summed E-state index contributed by atoms with van der Waals surface area (Å²) in [4.78, 5) is 3.91. The molecule has 0 bridgehead atoms. The van der Waals surface area contributed by atoms with E-state index in [9.17, 15) is 0 Å². The molecule has 78 valence electrons. The van der Waals surface area contributed by atoms with E-state index in [4.69, 9.17) is 16.7 Å². The van der Waals surface area contributed by atoms with Gasteiger partial charge in [-0.1, -0.05) is 11.6 Å². The van der Waals surface area contributed by atoms with E-state index in [-0.39, 0.29) is 12.1 Å². The quantitative estimate of drug-likeness (QED) is 0.751.